The average molecular weight is 412 g/mol. The van der Waals surface area contributed by atoms with E-state index in [1.165, 1.54) is 11.8 Å². The third kappa shape index (κ3) is 5.34. The molecular weight excluding hydrogens is 394 g/mol. The standard InChI is InChI=1S/C15H18BrN5O2S/c1-3-21-9-18-20-15(21)24-8-14(23)17-7-13(22)19-12-5-4-11(16)6-10(12)2/h4-6,9H,3,7-8H2,1-2H3,(H,17,23)(H,19,22). The molecule has 128 valence electrons. The third-order valence-corrected chi connectivity index (χ3v) is 4.64. The van der Waals surface area contributed by atoms with Crippen LogP contribution in [-0.2, 0) is 16.1 Å². The minimum Gasteiger partial charge on any atom is -0.346 e. The molecule has 9 heteroatoms. The molecule has 0 radical (unpaired) electrons. The largest absolute Gasteiger partial charge is 0.346 e. The summed E-state index contributed by atoms with van der Waals surface area (Å²) >= 11 is 4.66. The summed E-state index contributed by atoms with van der Waals surface area (Å²) in [4.78, 5) is 23.7. The highest BCUT2D eigenvalue weighted by atomic mass is 79.9. The molecule has 2 aromatic rings. The lowest BCUT2D eigenvalue weighted by Gasteiger charge is -2.09. The van der Waals surface area contributed by atoms with Gasteiger partial charge in [0.05, 0.1) is 12.3 Å². The average Bonchev–Trinajstić information content (AvgIpc) is 3.01. The summed E-state index contributed by atoms with van der Waals surface area (Å²) < 4.78 is 2.80. The highest BCUT2D eigenvalue weighted by molar-refractivity contribution is 9.10. The first-order chi connectivity index (χ1) is 11.5. The predicted octanol–water partition coefficient (Wildman–Crippen LogP) is 2.22. The van der Waals surface area contributed by atoms with Gasteiger partial charge in [-0.3, -0.25) is 9.59 Å². The summed E-state index contributed by atoms with van der Waals surface area (Å²) in [5.41, 5.74) is 1.67. The number of amides is 2. The second-order valence-corrected chi connectivity index (χ2v) is 6.83. The first kappa shape index (κ1) is 18.5. The van der Waals surface area contributed by atoms with Crippen LogP contribution in [0.2, 0.25) is 0 Å². The van der Waals surface area contributed by atoms with E-state index in [4.69, 9.17) is 0 Å². The van der Waals surface area contributed by atoms with Gasteiger partial charge in [-0.1, -0.05) is 27.7 Å². The lowest BCUT2D eigenvalue weighted by Crippen LogP contribution is -2.34. The molecule has 1 aromatic heterocycles. The molecule has 0 atom stereocenters. The van der Waals surface area contributed by atoms with E-state index in [-0.39, 0.29) is 24.1 Å². The Morgan fingerprint density at radius 1 is 1.33 bits per heavy atom. The Balaban J connectivity index is 1.76. The van der Waals surface area contributed by atoms with Gasteiger partial charge in [0.1, 0.15) is 6.33 Å². The Morgan fingerprint density at radius 3 is 2.83 bits per heavy atom. The van der Waals surface area contributed by atoms with Gasteiger partial charge in [0.15, 0.2) is 5.16 Å². The topological polar surface area (TPSA) is 88.9 Å². The quantitative estimate of drug-likeness (QED) is 0.681. The van der Waals surface area contributed by atoms with Crippen molar-refractivity contribution in [2.75, 3.05) is 17.6 Å². The minimum atomic E-state index is -0.268. The monoisotopic (exact) mass is 411 g/mol. The third-order valence-electron chi connectivity index (χ3n) is 3.16. The molecule has 0 bridgehead atoms. The molecule has 0 aliphatic rings. The van der Waals surface area contributed by atoms with Gasteiger partial charge in [-0.25, -0.2) is 0 Å². The summed E-state index contributed by atoms with van der Waals surface area (Å²) in [5, 5.41) is 13.8. The van der Waals surface area contributed by atoms with E-state index in [1.807, 2.05) is 36.6 Å². The van der Waals surface area contributed by atoms with Crippen LogP contribution in [0.3, 0.4) is 0 Å². The van der Waals surface area contributed by atoms with Crippen LogP contribution >= 0.6 is 27.7 Å². The Hall–Kier alpha value is -1.87. The lowest BCUT2D eigenvalue weighted by atomic mass is 10.2. The summed E-state index contributed by atoms with van der Waals surface area (Å²) in [7, 11) is 0. The zero-order chi connectivity index (χ0) is 17.5. The highest BCUT2D eigenvalue weighted by Gasteiger charge is 2.10. The van der Waals surface area contributed by atoms with Crippen LogP contribution in [0.25, 0.3) is 0 Å². The van der Waals surface area contributed by atoms with Gasteiger partial charge < -0.3 is 15.2 Å². The summed E-state index contributed by atoms with van der Waals surface area (Å²) in [6.45, 7) is 4.54. The number of aromatic nitrogens is 3. The number of carbonyl (C=O) groups excluding carboxylic acids is 2. The maximum absolute atomic E-state index is 11.9. The van der Waals surface area contributed by atoms with E-state index in [9.17, 15) is 9.59 Å². The Bertz CT molecular complexity index is 734. The molecule has 0 aliphatic heterocycles. The van der Waals surface area contributed by atoms with Crippen molar-refractivity contribution in [2.45, 2.75) is 25.5 Å². The molecule has 0 unspecified atom stereocenters. The maximum atomic E-state index is 11.9. The predicted molar refractivity (Wildman–Crippen MR) is 96.9 cm³/mol. The van der Waals surface area contributed by atoms with Gasteiger partial charge in [0.25, 0.3) is 0 Å². The zero-order valence-electron chi connectivity index (χ0n) is 13.4. The van der Waals surface area contributed by atoms with Crippen LogP contribution in [0.1, 0.15) is 12.5 Å². The van der Waals surface area contributed by atoms with Crippen LogP contribution in [0.15, 0.2) is 34.2 Å². The molecule has 2 N–H and O–H groups in total. The molecule has 1 aromatic carbocycles. The van der Waals surface area contributed by atoms with E-state index < -0.39 is 0 Å². The molecule has 2 amide bonds. The number of thioether (sulfide) groups is 1. The van der Waals surface area contributed by atoms with Gasteiger partial charge in [-0.2, -0.15) is 0 Å². The first-order valence-corrected chi connectivity index (χ1v) is 9.10. The van der Waals surface area contributed by atoms with Crippen LogP contribution in [0, 0.1) is 6.92 Å². The van der Waals surface area contributed by atoms with Crippen molar-refractivity contribution in [3.05, 3.63) is 34.6 Å². The van der Waals surface area contributed by atoms with Gasteiger partial charge in [0, 0.05) is 16.7 Å². The Morgan fingerprint density at radius 2 is 2.12 bits per heavy atom. The lowest BCUT2D eigenvalue weighted by molar-refractivity contribution is -0.122. The van der Waals surface area contributed by atoms with Crippen LogP contribution in [0.5, 0.6) is 0 Å². The number of rotatable bonds is 7. The molecule has 2 rings (SSSR count). The number of aryl methyl sites for hydroxylation is 2. The molecule has 7 nitrogen and oxygen atoms in total. The minimum absolute atomic E-state index is 0.0740. The summed E-state index contributed by atoms with van der Waals surface area (Å²) in [5.74, 6) is -0.313. The van der Waals surface area contributed by atoms with Crippen molar-refractivity contribution in [1.82, 2.24) is 20.1 Å². The van der Waals surface area contributed by atoms with Crippen LogP contribution in [-0.4, -0.2) is 38.9 Å². The smallest absolute Gasteiger partial charge is 0.243 e. The molecule has 24 heavy (non-hydrogen) atoms. The second kappa shape index (κ2) is 8.84. The fraction of sp³-hybridized carbons (Fsp3) is 0.333. The number of halogens is 1. The van der Waals surface area contributed by atoms with Gasteiger partial charge in [-0.05, 0) is 37.6 Å². The van der Waals surface area contributed by atoms with Crippen molar-refractivity contribution in [2.24, 2.45) is 0 Å². The van der Waals surface area contributed by atoms with Crippen LogP contribution in [0.4, 0.5) is 5.69 Å². The van der Waals surface area contributed by atoms with E-state index in [2.05, 4.69) is 36.8 Å². The molecule has 1 heterocycles. The molecule has 0 aliphatic carbocycles. The van der Waals surface area contributed by atoms with Crippen molar-refractivity contribution in [1.29, 1.82) is 0 Å². The molecule has 0 saturated heterocycles. The first-order valence-electron chi connectivity index (χ1n) is 7.33. The molecule has 0 fully saturated rings. The van der Waals surface area contributed by atoms with Gasteiger partial charge in [-0.15, -0.1) is 10.2 Å². The van der Waals surface area contributed by atoms with E-state index in [1.54, 1.807) is 6.33 Å². The van der Waals surface area contributed by atoms with Gasteiger partial charge >= 0.3 is 0 Å². The fourth-order valence-corrected chi connectivity index (χ4v) is 3.18. The molecule has 0 saturated carbocycles. The van der Waals surface area contributed by atoms with E-state index in [0.29, 0.717) is 5.16 Å². The summed E-state index contributed by atoms with van der Waals surface area (Å²) in [6, 6.07) is 5.57. The normalized spacial score (nSPS) is 10.5. The highest BCUT2D eigenvalue weighted by Crippen LogP contribution is 2.19. The molecular formula is C15H18BrN5O2S. The number of hydrogen-bond donors (Lipinski definition) is 2. The SMILES string of the molecule is CCn1cnnc1SCC(=O)NCC(=O)Nc1ccc(Br)cc1C. The van der Waals surface area contributed by atoms with Crippen molar-refractivity contribution in [3.63, 3.8) is 0 Å². The number of nitrogens with zero attached hydrogens (tertiary/aromatic N) is 3. The van der Waals surface area contributed by atoms with E-state index in [0.717, 1.165) is 22.3 Å². The number of anilines is 1. The Kier molecular flexibility index (Phi) is 6.80. The van der Waals surface area contributed by atoms with Crippen molar-refractivity contribution >= 4 is 45.2 Å². The number of nitrogens with one attached hydrogen (secondary N) is 2. The number of benzene rings is 1. The Labute approximate surface area is 152 Å². The van der Waals surface area contributed by atoms with Crippen LogP contribution < -0.4 is 10.6 Å². The zero-order valence-corrected chi connectivity index (χ0v) is 15.8. The number of carbonyl (C=O) groups is 2. The summed E-state index contributed by atoms with van der Waals surface area (Å²) in [6.07, 6.45) is 1.62. The van der Waals surface area contributed by atoms with Gasteiger partial charge in [0.2, 0.25) is 11.8 Å². The van der Waals surface area contributed by atoms with Crippen molar-refractivity contribution in [3.8, 4) is 0 Å². The maximum Gasteiger partial charge on any atom is 0.243 e. The van der Waals surface area contributed by atoms with Crippen molar-refractivity contribution < 1.29 is 9.59 Å². The fourth-order valence-electron chi connectivity index (χ4n) is 1.89. The number of hydrogen-bond acceptors (Lipinski definition) is 5. The second-order valence-electron chi connectivity index (χ2n) is 4.97. The molecule has 0 spiro atoms. The van der Waals surface area contributed by atoms with E-state index >= 15 is 0 Å².